The number of nitrogens with zero attached hydrogens (tertiary/aromatic N) is 1. The van der Waals surface area contributed by atoms with Gasteiger partial charge in [-0.3, -0.25) is 9.79 Å². The van der Waals surface area contributed by atoms with Gasteiger partial charge in [0.15, 0.2) is 0 Å². The summed E-state index contributed by atoms with van der Waals surface area (Å²) in [4.78, 5) is 16.3. The maximum absolute atomic E-state index is 14.4. The number of rotatable bonds is 5. The molecule has 0 aromatic heterocycles. The lowest BCUT2D eigenvalue weighted by molar-refractivity contribution is -0.115. The molecule has 2 N–H and O–H groups in total. The van der Waals surface area contributed by atoms with Gasteiger partial charge in [-0.2, -0.15) is 0 Å². The molecule has 0 bridgehead atoms. The predicted octanol–water partition coefficient (Wildman–Crippen LogP) is 4.24. The van der Waals surface area contributed by atoms with E-state index in [9.17, 15) is 13.6 Å². The van der Waals surface area contributed by atoms with E-state index < -0.39 is 17.6 Å². The van der Waals surface area contributed by atoms with Crippen molar-refractivity contribution in [2.45, 2.75) is 18.8 Å². The molecule has 0 spiro atoms. The Kier molecular flexibility index (Phi) is 5.34. The number of nitrogens with one attached hydrogen (secondary N) is 2. The topological polar surface area (TPSA) is 62.7 Å². The minimum absolute atomic E-state index is 0.278. The summed E-state index contributed by atoms with van der Waals surface area (Å²) in [5.41, 5.74) is 1.92. The van der Waals surface area contributed by atoms with Gasteiger partial charge >= 0.3 is 0 Å². The number of benzene rings is 2. The number of halogens is 2. The molecule has 2 aromatic rings. The molecule has 1 unspecified atom stereocenters. The number of hydrogen-bond donors (Lipinski definition) is 2. The van der Waals surface area contributed by atoms with Crippen LogP contribution in [0.15, 0.2) is 41.4 Å². The Hall–Kier alpha value is -2.80. The monoisotopic (exact) mass is 385 g/mol. The van der Waals surface area contributed by atoms with Gasteiger partial charge in [-0.1, -0.05) is 0 Å². The van der Waals surface area contributed by atoms with Crippen molar-refractivity contribution in [2.24, 2.45) is 10.9 Å². The van der Waals surface area contributed by atoms with Crippen molar-refractivity contribution >= 4 is 29.2 Å². The van der Waals surface area contributed by atoms with Gasteiger partial charge in [-0.25, -0.2) is 8.78 Å². The van der Waals surface area contributed by atoms with Crippen LogP contribution in [0, 0.1) is 17.6 Å². The van der Waals surface area contributed by atoms with Crippen LogP contribution in [-0.4, -0.2) is 31.9 Å². The molecule has 4 rings (SSSR count). The van der Waals surface area contributed by atoms with Crippen LogP contribution < -0.4 is 10.6 Å². The highest BCUT2D eigenvalue weighted by Crippen LogP contribution is 2.32. The Morgan fingerprint density at radius 3 is 2.79 bits per heavy atom. The minimum atomic E-state index is -0.694. The van der Waals surface area contributed by atoms with Crippen LogP contribution in [0.4, 0.5) is 25.8 Å². The summed E-state index contributed by atoms with van der Waals surface area (Å²) in [6.07, 6.45) is 3.37. The minimum Gasteiger partial charge on any atom is -0.382 e. The first kappa shape index (κ1) is 18.6. The van der Waals surface area contributed by atoms with Gasteiger partial charge in [0.1, 0.15) is 17.6 Å². The van der Waals surface area contributed by atoms with E-state index in [0.717, 1.165) is 26.1 Å². The number of hydrogen-bond acceptors (Lipinski definition) is 4. The van der Waals surface area contributed by atoms with E-state index in [1.807, 2.05) is 0 Å². The Balaban J connectivity index is 1.43. The van der Waals surface area contributed by atoms with Crippen LogP contribution in [0.25, 0.3) is 0 Å². The van der Waals surface area contributed by atoms with Crippen LogP contribution in [0.5, 0.6) is 0 Å². The van der Waals surface area contributed by atoms with Gasteiger partial charge < -0.3 is 15.4 Å². The largest absolute Gasteiger partial charge is 0.382 e. The van der Waals surface area contributed by atoms with E-state index in [-0.39, 0.29) is 5.91 Å². The summed E-state index contributed by atoms with van der Waals surface area (Å²) >= 11 is 0. The van der Waals surface area contributed by atoms with Crippen molar-refractivity contribution in [3.05, 3.63) is 53.6 Å². The molecule has 5 nitrogen and oxygen atoms in total. The summed E-state index contributed by atoms with van der Waals surface area (Å²) in [5, 5.41) is 5.83. The fraction of sp³-hybridized carbons (Fsp3) is 0.333. The zero-order valence-corrected chi connectivity index (χ0v) is 15.3. The molecule has 2 aliphatic heterocycles. The molecule has 2 aromatic carbocycles. The maximum Gasteiger partial charge on any atom is 0.237 e. The second-order valence-corrected chi connectivity index (χ2v) is 7.08. The second-order valence-electron chi connectivity index (χ2n) is 7.08. The van der Waals surface area contributed by atoms with E-state index in [4.69, 9.17) is 4.74 Å². The van der Waals surface area contributed by atoms with Gasteiger partial charge in [0.25, 0.3) is 0 Å². The highest BCUT2D eigenvalue weighted by molar-refractivity contribution is 6.12. The first-order chi connectivity index (χ1) is 13.6. The van der Waals surface area contributed by atoms with Crippen molar-refractivity contribution in [3.63, 3.8) is 0 Å². The van der Waals surface area contributed by atoms with Crippen molar-refractivity contribution in [2.75, 3.05) is 30.4 Å². The molecular formula is C21H21F2N3O2. The summed E-state index contributed by atoms with van der Waals surface area (Å²) in [6, 6.07) is 8.78. The van der Waals surface area contributed by atoms with Gasteiger partial charge in [0.2, 0.25) is 5.91 Å². The molecule has 28 heavy (non-hydrogen) atoms. The normalized spacial score (nSPS) is 19.6. The molecule has 1 atom stereocenters. The van der Waals surface area contributed by atoms with Crippen molar-refractivity contribution < 1.29 is 18.3 Å². The fourth-order valence-electron chi connectivity index (χ4n) is 3.50. The Labute approximate surface area is 161 Å². The Bertz CT molecular complexity index is 911. The number of amides is 1. The molecule has 0 saturated carbocycles. The quantitative estimate of drug-likeness (QED) is 0.757. The lowest BCUT2D eigenvalue weighted by Crippen LogP contribution is -2.22. The van der Waals surface area contributed by atoms with Gasteiger partial charge in [-0.05, 0) is 54.7 Å². The van der Waals surface area contributed by atoms with Crippen molar-refractivity contribution in [1.29, 1.82) is 0 Å². The number of carbonyl (C=O) groups excluding carboxylic acids is 1. The molecule has 2 heterocycles. The molecule has 0 radical (unpaired) electrons. The SMILES string of the molecule is O=C1Nc2ccc(F)cc2C1C=Nc1ccc(NCC2CCOCC2)c(F)c1. The van der Waals surface area contributed by atoms with E-state index in [1.165, 1.54) is 30.5 Å². The average molecular weight is 385 g/mol. The fourth-order valence-corrected chi connectivity index (χ4v) is 3.50. The standard InChI is InChI=1S/C21H21F2N3O2/c22-14-1-3-19-16(9-14)17(21(27)26-19)12-24-15-2-4-20(18(23)10-15)25-11-13-5-7-28-8-6-13/h1-4,9-10,12-13,17,25H,5-8,11H2,(H,26,27). The summed E-state index contributed by atoms with van der Waals surface area (Å²) in [6.45, 7) is 2.21. The molecule has 1 fully saturated rings. The summed E-state index contributed by atoms with van der Waals surface area (Å²) in [5.74, 6) is -1.31. The van der Waals surface area contributed by atoms with Gasteiger partial charge in [0, 0.05) is 37.7 Å². The molecule has 146 valence electrons. The predicted molar refractivity (Wildman–Crippen MR) is 104 cm³/mol. The lowest BCUT2D eigenvalue weighted by Gasteiger charge is -2.22. The molecule has 1 amide bonds. The van der Waals surface area contributed by atoms with Crippen LogP contribution >= 0.6 is 0 Å². The molecule has 2 aliphatic rings. The van der Waals surface area contributed by atoms with Crippen LogP contribution in [-0.2, 0) is 9.53 Å². The molecule has 0 aliphatic carbocycles. The van der Waals surface area contributed by atoms with Gasteiger partial charge in [-0.15, -0.1) is 0 Å². The number of fused-ring (bicyclic) bond motifs is 1. The average Bonchev–Trinajstić information content (AvgIpc) is 3.01. The third-order valence-electron chi connectivity index (χ3n) is 5.14. The third kappa shape index (κ3) is 4.04. The highest BCUT2D eigenvalue weighted by atomic mass is 19.1. The van der Waals surface area contributed by atoms with Crippen LogP contribution in [0.1, 0.15) is 24.3 Å². The van der Waals surface area contributed by atoms with E-state index in [0.29, 0.717) is 35.1 Å². The van der Waals surface area contributed by atoms with E-state index >= 15 is 0 Å². The first-order valence-electron chi connectivity index (χ1n) is 9.36. The number of anilines is 2. The third-order valence-corrected chi connectivity index (χ3v) is 5.14. The Morgan fingerprint density at radius 2 is 2.00 bits per heavy atom. The zero-order valence-electron chi connectivity index (χ0n) is 15.3. The smallest absolute Gasteiger partial charge is 0.237 e. The number of ether oxygens (including phenoxy) is 1. The zero-order chi connectivity index (χ0) is 19.5. The second kappa shape index (κ2) is 8.06. The molecular weight excluding hydrogens is 364 g/mol. The number of aliphatic imine (C=N–C) groups is 1. The molecule has 1 saturated heterocycles. The van der Waals surface area contributed by atoms with Crippen molar-refractivity contribution in [3.8, 4) is 0 Å². The lowest BCUT2D eigenvalue weighted by atomic mass is 10.0. The maximum atomic E-state index is 14.4. The number of carbonyl (C=O) groups is 1. The Morgan fingerprint density at radius 1 is 1.18 bits per heavy atom. The summed E-state index contributed by atoms with van der Waals surface area (Å²) < 4.78 is 33.2. The van der Waals surface area contributed by atoms with Crippen LogP contribution in [0.2, 0.25) is 0 Å². The molecule has 7 heteroatoms. The van der Waals surface area contributed by atoms with Crippen LogP contribution in [0.3, 0.4) is 0 Å². The summed E-state index contributed by atoms with van der Waals surface area (Å²) in [7, 11) is 0. The highest BCUT2D eigenvalue weighted by Gasteiger charge is 2.29. The first-order valence-corrected chi connectivity index (χ1v) is 9.36. The van der Waals surface area contributed by atoms with E-state index in [2.05, 4.69) is 15.6 Å². The van der Waals surface area contributed by atoms with Gasteiger partial charge in [0.05, 0.1) is 11.4 Å². The van der Waals surface area contributed by atoms with Crippen molar-refractivity contribution in [1.82, 2.24) is 0 Å². The van der Waals surface area contributed by atoms with E-state index in [1.54, 1.807) is 12.1 Å².